The van der Waals surface area contributed by atoms with Gasteiger partial charge in [-0.3, -0.25) is 20.0 Å². The predicted molar refractivity (Wildman–Crippen MR) is 107 cm³/mol. The number of fused-ring (bicyclic) bond motifs is 1. The first kappa shape index (κ1) is 17.5. The number of hydrogen-bond donors (Lipinski definition) is 2. The third-order valence-electron chi connectivity index (χ3n) is 4.39. The Hall–Kier alpha value is -3.93. The lowest BCUT2D eigenvalue weighted by atomic mass is 10.1. The smallest absolute Gasteiger partial charge is 0.276 e. The first-order valence-electron chi connectivity index (χ1n) is 8.86. The molecule has 0 saturated heterocycles. The quantitative estimate of drug-likeness (QED) is 0.739. The molecule has 0 aliphatic carbocycles. The molecule has 4 rings (SSSR count). The van der Waals surface area contributed by atoms with Gasteiger partial charge in [0.15, 0.2) is 0 Å². The SMILES string of the molecule is O=C(NN1C(=O)c2ccccc2NC1/C=C/c1ccccc1)c1ccncc1. The van der Waals surface area contributed by atoms with E-state index in [1.165, 1.54) is 17.4 Å². The van der Waals surface area contributed by atoms with Gasteiger partial charge in [-0.25, -0.2) is 5.01 Å². The summed E-state index contributed by atoms with van der Waals surface area (Å²) in [6.07, 6.45) is 6.29. The van der Waals surface area contributed by atoms with Crippen molar-refractivity contribution in [2.75, 3.05) is 5.32 Å². The highest BCUT2D eigenvalue weighted by Gasteiger charge is 2.32. The van der Waals surface area contributed by atoms with E-state index in [-0.39, 0.29) is 11.8 Å². The first-order chi connectivity index (χ1) is 13.7. The number of nitrogens with one attached hydrogen (secondary N) is 2. The molecule has 1 aliphatic rings. The van der Waals surface area contributed by atoms with E-state index in [1.54, 1.807) is 24.3 Å². The number of rotatable bonds is 4. The summed E-state index contributed by atoms with van der Waals surface area (Å²) in [7, 11) is 0. The molecule has 0 fully saturated rings. The lowest BCUT2D eigenvalue weighted by Crippen LogP contribution is -2.56. The van der Waals surface area contributed by atoms with Gasteiger partial charge in [0.05, 0.1) is 5.56 Å². The molecule has 2 heterocycles. The summed E-state index contributed by atoms with van der Waals surface area (Å²) in [4.78, 5) is 29.5. The van der Waals surface area contributed by atoms with Crippen LogP contribution in [-0.4, -0.2) is 28.0 Å². The third-order valence-corrected chi connectivity index (χ3v) is 4.39. The van der Waals surface area contributed by atoms with Gasteiger partial charge in [-0.15, -0.1) is 0 Å². The molecule has 3 aromatic rings. The summed E-state index contributed by atoms with van der Waals surface area (Å²) < 4.78 is 0. The number of aromatic nitrogens is 1. The van der Waals surface area contributed by atoms with Crippen LogP contribution in [0.3, 0.4) is 0 Å². The Balaban J connectivity index is 1.64. The molecule has 1 unspecified atom stereocenters. The summed E-state index contributed by atoms with van der Waals surface area (Å²) in [6.45, 7) is 0. The number of carbonyl (C=O) groups excluding carboxylic acids is 2. The molecule has 138 valence electrons. The monoisotopic (exact) mass is 370 g/mol. The Kier molecular flexibility index (Phi) is 4.84. The normalized spacial score (nSPS) is 15.8. The van der Waals surface area contributed by atoms with Crippen LogP contribution in [0.5, 0.6) is 0 Å². The van der Waals surface area contributed by atoms with Crippen LogP contribution in [0.25, 0.3) is 6.08 Å². The van der Waals surface area contributed by atoms with E-state index in [2.05, 4.69) is 15.7 Å². The number of hydrazine groups is 1. The van der Waals surface area contributed by atoms with Crippen LogP contribution < -0.4 is 10.7 Å². The minimum absolute atomic E-state index is 0.278. The van der Waals surface area contributed by atoms with Crippen LogP contribution >= 0.6 is 0 Å². The second-order valence-electron chi connectivity index (χ2n) is 6.26. The van der Waals surface area contributed by atoms with Crippen molar-refractivity contribution in [3.8, 4) is 0 Å². The predicted octanol–water partition coefficient (Wildman–Crippen LogP) is 3.33. The highest BCUT2D eigenvalue weighted by atomic mass is 16.2. The van der Waals surface area contributed by atoms with Crippen LogP contribution in [-0.2, 0) is 0 Å². The average Bonchev–Trinajstić information content (AvgIpc) is 2.76. The molecule has 2 N–H and O–H groups in total. The van der Waals surface area contributed by atoms with Gasteiger partial charge < -0.3 is 5.32 Å². The fourth-order valence-corrected chi connectivity index (χ4v) is 2.97. The van der Waals surface area contributed by atoms with Gasteiger partial charge in [0.2, 0.25) is 0 Å². The van der Waals surface area contributed by atoms with Crippen molar-refractivity contribution in [1.82, 2.24) is 15.4 Å². The standard InChI is InChI=1S/C22H18N4O2/c27-21(17-12-14-23-15-13-17)25-26-20(11-10-16-6-2-1-3-7-16)24-19-9-5-4-8-18(19)22(26)28/h1-15,20,24H,(H,25,27)/b11-10+. The number of nitrogens with zero attached hydrogens (tertiary/aromatic N) is 2. The number of para-hydroxylation sites is 1. The summed E-state index contributed by atoms with van der Waals surface area (Å²) in [5, 5.41) is 4.61. The van der Waals surface area contributed by atoms with Crippen LogP contribution in [0.2, 0.25) is 0 Å². The lowest BCUT2D eigenvalue weighted by molar-refractivity contribution is 0.0535. The van der Waals surface area contributed by atoms with Crippen molar-refractivity contribution in [2.24, 2.45) is 0 Å². The maximum absolute atomic E-state index is 13.0. The van der Waals surface area contributed by atoms with Crippen LogP contribution in [0, 0.1) is 0 Å². The third kappa shape index (κ3) is 3.61. The molecule has 28 heavy (non-hydrogen) atoms. The number of benzene rings is 2. The van der Waals surface area contributed by atoms with Gasteiger partial charge in [0.25, 0.3) is 11.8 Å². The van der Waals surface area contributed by atoms with E-state index in [0.29, 0.717) is 11.1 Å². The second kappa shape index (κ2) is 7.75. The molecule has 0 radical (unpaired) electrons. The van der Waals surface area contributed by atoms with Gasteiger partial charge >= 0.3 is 0 Å². The largest absolute Gasteiger partial charge is 0.360 e. The molecule has 1 aromatic heterocycles. The summed E-state index contributed by atoms with van der Waals surface area (Å²) >= 11 is 0. The number of carbonyl (C=O) groups is 2. The summed E-state index contributed by atoms with van der Waals surface area (Å²) in [6, 6.07) is 20.2. The van der Waals surface area contributed by atoms with E-state index >= 15 is 0 Å². The molecule has 1 atom stereocenters. The molecular formula is C22H18N4O2. The minimum Gasteiger partial charge on any atom is -0.360 e. The van der Waals surface area contributed by atoms with E-state index in [9.17, 15) is 9.59 Å². The zero-order chi connectivity index (χ0) is 19.3. The molecule has 0 spiro atoms. The van der Waals surface area contributed by atoms with E-state index in [1.807, 2.05) is 54.6 Å². The average molecular weight is 370 g/mol. The van der Waals surface area contributed by atoms with E-state index in [4.69, 9.17) is 0 Å². The van der Waals surface area contributed by atoms with Crippen molar-refractivity contribution in [1.29, 1.82) is 0 Å². The Morgan fingerprint density at radius 2 is 1.71 bits per heavy atom. The van der Waals surface area contributed by atoms with Gasteiger partial charge in [-0.2, -0.15) is 0 Å². The molecule has 1 aliphatic heterocycles. The summed E-state index contributed by atoms with van der Waals surface area (Å²) in [5.74, 6) is -0.658. The Labute approximate surface area is 162 Å². The molecule has 2 aromatic carbocycles. The molecular weight excluding hydrogens is 352 g/mol. The van der Waals surface area contributed by atoms with Crippen molar-refractivity contribution in [2.45, 2.75) is 6.17 Å². The van der Waals surface area contributed by atoms with Crippen LogP contribution in [0.4, 0.5) is 5.69 Å². The minimum atomic E-state index is -0.534. The highest BCUT2D eigenvalue weighted by molar-refractivity contribution is 6.04. The fourth-order valence-electron chi connectivity index (χ4n) is 2.97. The lowest BCUT2D eigenvalue weighted by Gasteiger charge is -2.36. The first-order valence-corrected chi connectivity index (χ1v) is 8.86. The van der Waals surface area contributed by atoms with Gasteiger partial charge in [-0.1, -0.05) is 48.5 Å². The number of anilines is 1. The Bertz CT molecular complexity index is 1020. The molecule has 6 heteroatoms. The number of pyridine rings is 1. The summed E-state index contributed by atoms with van der Waals surface area (Å²) in [5.41, 5.74) is 5.36. The maximum atomic E-state index is 13.0. The number of amides is 2. The fraction of sp³-hybridized carbons (Fsp3) is 0.0455. The van der Waals surface area contributed by atoms with Gasteiger partial charge in [0, 0.05) is 23.6 Å². The Morgan fingerprint density at radius 1 is 1.00 bits per heavy atom. The van der Waals surface area contributed by atoms with Crippen molar-refractivity contribution in [3.05, 3.63) is 102 Å². The van der Waals surface area contributed by atoms with Crippen LogP contribution in [0.1, 0.15) is 26.3 Å². The van der Waals surface area contributed by atoms with Crippen molar-refractivity contribution < 1.29 is 9.59 Å². The Morgan fingerprint density at radius 3 is 2.50 bits per heavy atom. The molecule has 2 amide bonds. The van der Waals surface area contributed by atoms with Gasteiger partial charge in [0.1, 0.15) is 6.17 Å². The second-order valence-corrected chi connectivity index (χ2v) is 6.26. The van der Waals surface area contributed by atoms with Crippen molar-refractivity contribution in [3.63, 3.8) is 0 Å². The maximum Gasteiger partial charge on any atom is 0.276 e. The zero-order valence-electron chi connectivity index (χ0n) is 14.9. The molecule has 0 saturated carbocycles. The number of hydrogen-bond acceptors (Lipinski definition) is 4. The van der Waals surface area contributed by atoms with Gasteiger partial charge in [-0.05, 0) is 35.9 Å². The topological polar surface area (TPSA) is 74.3 Å². The highest BCUT2D eigenvalue weighted by Crippen LogP contribution is 2.25. The van der Waals surface area contributed by atoms with E-state index in [0.717, 1.165) is 11.3 Å². The molecule has 6 nitrogen and oxygen atoms in total. The zero-order valence-corrected chi connectivity index (χ0v) is 14.9. The van der Waals surface area contributed by atoms with Crippen LogP contribution in [0.15, 0.2) is 85.2 Å². The van der Waals surface area contributed by atoms with Crippen molar-refractivity contribution >= 4 is 23.6 Å². The molecule has 0 bridgehead atoms. The van der Waals surface area contributed by atoms with E-state index < -0.39 is 6.17 Å².